The lowest BCUT2D eigenvalue weighted by molar-refractivity contribution is 0.176. The van der Waals surface area contributed by atoms with Crippen LogP contribution in [0.1, 0.15) is 35.8 Å². The van der Waals surface area contributed by atoms with Gasteiger partial charge in [0.1, 0.15) is 0 Å². The molecule has 1 aromatic heterocycles. The minimum atomic E-state index is -0.0143. The van der Waals surface area contributed by atoms with E-state index in [1.807, 2.05) is 18.7 Å². The molecule has 6 nitrogen and oxygen atoms in total. The van der Waals surface area contributed by atoms with E-state index in [1.54, 1.807) is 7.11 Å². The lowest BCUT2D eigenvalue weighted by Gasteiger charge is -2.25. The van der Waals surface area contributed by atoms with E-state index in [1.165, 1.54) is 5.56 Å². The fraction of sp³-hybridized carbons (Fsp3) is 0.692. The zero-order valence-electron chi connectivity index (χ0n) is 11.8. The van der Waals surface area contributed by atoms with E-state index in [0.29, 0.717) is 13.2 Å². The van der Waals surface area contributed by atoms with Gasteiger partial charge >= 0.3 is 6.03 Å². The van der Waals surface area contributed by atoms with E-state index in [2.05, 4.69) is 15.5 Å². The predicted octanol–water partition coefficient (Wildman–Crippen LogP) is 1.52. The van der Waals surface area contributed by atoms with Crippen LogP contribution < -0.4 is 5.32 Å². The number of aryl methyl sites for hydroxylation is 2. The predicted molar refractivity (Wildman–Crippen MR) is 72.0 cm³/mol. The summed E-state index contributed by atoms with van der Waals surface area (Å²) in [6.45, 7) is 5.87. The molecule has 1 aromatic rings. The van der Waals surface area contributed by atoms with E-state index in [-0.39, 0.29) is 12.1 Å². The molecule has 0 aliphatic carbocycles. The number of rotatable bonds is 4. The molecule has 1 unspecified atom stereocenters. The van der Waals surface area contributed by atoms with Crippen molar-refractivity contribution in [1.82, 2.24) is 20.4 Å². The van der Waals surface area contributed by atoms with Crippen LogP contribution >= 0.6 is 0 Å². The second-order valence-corrected chi connectivity index (χ2v) is 4.92. The molecule has 1 aliphatic heterocycles. The largest absolute Gasteiger partial charge is 0.383 e. The number of amides is 2. The Labute approximate surface area is 113 Å². The normalized spacial score (nSPS) is 18.9. The van der Waals surface area contributed by atoms with Crippen LogP contribution in [0, 0.1) is 13.8 Å². The second-order valence-electron chi connectivity index (χ2n) is 4.92. The standard InChI is InChI=1S/C13H22N4O2/c1-9-12(10(2)16-15-9)11-5-4-7-17(11)13(18)14-6-8-19-3/h11H,4-8H2,1-3H3,(H,14,18)(H,15,16). The number of nitrogens with zero attached hydrogens (tertiary/aromatic N) is 2. The summed E-state index contributed by atoms with van der Waals surface area (Å²) >= 11 is 0. The Kier molecular flexibility index (Phi) is 4.42. The number of hydrogen-bond acceptors (Lipinski definition) is 3. The van der Waals surface area contributed by atoms with Crippen LogP contribution in [-0.4, -0.2) is 47.9 Å². The first-order valence-electron chi connectivity index (χ1n) is 6.70. The van der Waals surface area contributed by atoms with Gasteiger partial charge in [0.05, 0.1) is 18.3 Å². The highest BCUT2D eigenvalue weighted by Crippen LogP contribution is 2.34. The number of urea groups is 1. The van der Waals surface area contributed by atoms with E-state index < -0.39 is 0 Å². The van der Waals surface area contributed by atoms with Gasteiger partial charge in [-0.05, 0) is 26.7 Å². The molecule has 19 heavy (non-hydrogen) atoms. The first kappa shape index (κ1) is 13.9. The summed E-state index contributed by atoms with van der Waals surface area (Å²) in [4.78, 5) is 14.1. The van der Waals surface area contributed by atoms with Gasteiger partial charge in [0.25, 0.3) is 0 Å². The number of aromatic nitrogens is 2. The molecule has 0 saturated carbocycles. The topological polar surface area (TPSA) is 70.2 Å². The van der Waals surface area contributed by atoms with E-state index in [4.69, 9.17) is 4.74 Å². The van der Waals surface area contributed by atoms with Crippen LogP contribution in [0.5, 0.6) is 0 Å². The summed E-state index contributed by atoms with van der Waals surface area (Å²) in [5.74, 6) is 0. The molecule has 1 saturated heterocycles. The highest BCUT2D eigenvalue weighted by atomic mass is 16.5. The molecule has 1 fully saturated rings. The molecular weight excluding hydrogens is 244 g/mol. The van der Waals surface area contributed by atoms with Gasteiger partial charge in [0.15, 0.2) is 0 Å². The Balaban J connectivity index is 2.07. The molecule has 0 spiro atoms. The fourth-order valence-corrected chi connectivity index (χ4v) is 2.72. The SMILES string of the molecule is COCCNC(=O)N1CCCC1c1c(C)n[nH]c1C. The first-order valence-corrected chi connectivity index (χ1v) is 6.70. The Morgan fingerprint density at radius 3 is 3.00 bits per heavy atom. The van der Waals surface area contributed by atoms with Crippen molar-refractivity contribution in [2.45, 2.75) is 32.7 Å². The molecule has 0 radical (unpaired) electrons. The fourth-order valence-electron chi connectivity index (χ4n) is 2.72. The monoisotopic (exact) mass is 266 g/mol. The Bertz CT molecular complexity index is 424. The van der Waals surface area contributed by atoms with Gasteiger partial charge in [0.2, 0.25) is 0 Å². The molecule has 0 bridgehead atoms. The smallest absolute Gasteiger partial charge is 0.317 e. The van der Waals surface area contributed by atoms with Crippen molar-refractivity contribution in [3.63, 3.8) is 0 Å². The molecule has 0 aromatic carbocycles. The molecule has 6 heteroatoms. The van der Waals surface area contributed by atoms with Crippen LogP contribution in [0.4, 0.5) is 4.79 Å². The maximum Gasteiger partial charge on any atom is 0.317 e. The average Bonchev–Trinajstić information content (AvgIpc) is 2.96. The highest BCUT2D eigenvalue weighted by molar-refractivity contribution is 5.75. The summed E-state index contributed by atoms with van der Waals surface area (Å²) < 4.78 is 4.94. The number of H-pyrrole nitrogens is 1. The van der Waals surface area contributed by atoms with Crippen LogP contribution in [0.3, 0.4) is 0 Å². The highest BCUT2D eigenvalue weighted by Gasteiger charge is 2.32. The molecule has 2 N–H and O–H groups in total. The van der Waals surface area contributed by atoms with Gasteiger partial charge in [0, 0.05) is 31.5 Å². The maximum absolute atomic E-state index is 12.2. The lowest BCUT2D eigenvalue weighted by atomic mass is 10.0. The number of aromatic amines is 1. The zero-order valence-corrected chi connectivity index (χ0v) is 11.8. The van der Waals surface area contributed by atoms with E-state index >= 15 is 0 Å². The van der Waals surface area contributed by atoms with Crippen LogP contribution in [0.15, 0.2) is 0 Å². The molecule has 1 atom stereocenters. The Morgan fingerprint density at radius 2 is 2.37 bits per heavy atom. The number of carbonyl (C=O) groups excluding carboxylic acids is 1. The second kappa shape index (κ2) is 6.06. The minimum absolute atomic E-state index is 0.0143. The minimum Gasteiger partial charge on any atom is -0.383 e. The number of nitrogens with one attached hydrogen (secondary N) is 2. The van der Waals surface area contributed by atoms with Crippen LogP contribution in [0.25, 0.3) is 0 Å². The Hall–Kier alpha value is -1.56. The molecule has 2 rings (SSSR count). The molecule has 2 amide bonds. The van der Waals surface area contributed by atoms with Gasteiger partial charge in [-0.15, -0.1) is 0 Å². The van der Waals surface area contributed by atoms with Crippen molar-refractivity contribution in [3.05, 3.63) is 17.0 Å². The Morgan fingerprint density at radius 1 is 1.58 bits per heavy atom. The van der Waals surface area contributed by atoms with Crippen molar-refractivity contribution < 1.29 is 9.53 Å². The van der Waals surface area contributed by atoms with Crippen molar-refractivity contribution >= 4 is 6.03 Å². The van der Waals surface area contributed by atoms with E-state index in [9.17, 15) is 4.79 Å². The van der Waals surface area contributed by atoms with Crippen molar-refractivity contribution in [2.24, 2.45) is 0 Å². The van der Waals surface area contributed by atoms with Gasteiger partial charge < -0.3 is 15.0 Å². The summed E-state index contributed by atoms with van der Waals surface area (Å²) in [5, 5.41) is 10.1. The number of likely N-dealkylation sites (tertiary alicyclic amines) is 1. The number of carbonyl (C=O) groups is 1. The third-order valence-corrected chi connectivity index (χ3v) is 3.61. The summed E-state index contributed by atoms with van der Waals surface area (Å²) in [5.41, 5.74) is 3.21. The van der Waals surface area contributed by atoms with Crippen LogP contribution in [0.2, 0.25) is 0 Å². The van der Waals surface area contributed by atoms with Crippen molar-refractivity contribution in [2.75, 3.05) is 26.8 Å². The van der Waals surface area contributed by atoms with E-state index in [0.717, 1.165) is 30.8 Å². The van der Waals surface area contributed by atoms with Crippen molar-refractivity contribution in [1.29, 1.82) is 0 Å². The number of methoxy groups -OCH3 is 1. The summed E-state index contributed by atoms with van der Waals surface area (Å²) in [6.07, 6.45) is 2.03. The van der Waals surface area contributed by atoms with Gasteiger partial charge in [-0.3, -0.25) is 5.10 Å². The average molecular weight is 266 g/mol. The number of hydrogen-bond donors (Lipinski definition) is 2. The third-order valence-electron chi connectivity index (χ3n) is 3.61. The van der Waals surface area contributed by atoms with Gasteiger partial charge in [-0.2, -0.15) is 5.10 Å². The molecule has 1 aliphatic rings. The number of ether oxygens (including phenoxy) is 1. The van der Waals surface area contributed by atoms with Gasteiger partial charge in [-0.1, -0.05) is 0 Å². The van der Waals surface area contributed by atoms with Crippen molar-refractivity contribution in [3.8, 4) is 0 Å². The van der Waals surface area contributed by atoms with Gasteiger partial charge in [-0.25, -0.2) is 4.79 Å². The first-order chi connectivity index (χ1) is 9.15. The quantitative estimate of drug-likeness (QED) is 0.812. The molecule has 106 valence electrons. The third kappa shape index (κ3) is 2.89. The lowest BCUT2D eigenvalue weighted by Crippen LogP contribution is -2.40. The molecular formula is C13H22N4O2. The summed E-state index contributed by atoms with van der Waals surface area (Å²) in [7, 11) is 1.63. The summed E-state index contributed by atoms with van der Waals surface area (Å²) in [6, 6.07) is 0.126. The maximum atomic E-state index is 12.2. The zero-order chi connectivity index (χ0) is 13.8. The molecule has 2 heterocycles. The van der Waals surface area contributed by atoms with Crippen LogP contribution in [-0.2, 0) is 4.74 Å².